The first-order valence-corrected chi connectivity index (χ1v) is 8.16. The summed E-state index contributed by atoms with van der Waals surface area (Å²) < 4.78 is 15.7. The monoisotopic (exact) mass is 440 g/mol. The lowest BCUT2D eigenvalue weighted by Crippen LogP contribution is -1.95. The number of aryl methyl sites for hydroxylation is 1. The standard InChI is InChI=1S/C12H8Br3FS/c1-6-8(14)5-10(17-6)12(15)11-7(13)3-2-4-9(11)16/h2-5,12H,1H3. The molecule has 17 heavy (non-hydrogen) atoms. The van der Waals surface area contributed by atoms with Gasteiger partial charge in [-0.1, -0.05) is 37.9 Å². The van der Waals surface area contributed by atoms with E-state index in [4.69, 9.17) is 0 Å². The molecule has 90 valence electrons. The van der Waals surface area contributed by atoms with Crippen molar-refractivity contribution in [3.05, 3.63) is 54.3 Å². The van der Waals surface area contributed by atoms with Gasteiger partial charge in [0.05, 0.1) is 4.83 Å². The van der Waals surface area contributed by atoms with Gasteiger partial charge in [-0.3, -0.25) is 0 Å². The van der Waals surface area contributed by atoms with Gasteiger partial charge in [0, 0.05) is 24.3 Å². The molecule has 1 atom stereocenters. The third-order valence-electron chi connectivity index (χ3n) is 2.38. The molecule has 0 aliphatic heterocycles. The number of hydrogen-bond acceptors (Lipinski definition) is 1. The van der Waals surface area contributed by atoms with Gasteiger partial charge in [-0.2, -0.15) is 0 Å². The summed E-state index contributed by atoms with van der Waals surface area (Å²) in [6.07, 6.45) is 0. The van der Waals surface area contributed by atoms with Crippen molar-refractivity contribution in [2.75, 3.05) is 0 Å². The van der Waals surface area contributed by atoms with Crippen LogP contribution in [0, 0.1) is 12.7 Å². The third kappa shape index (κ3) is 2.83. The number of halogens is 4. The average molecular weight is 443 g/mol. The van der Waals surface area contributed by atoms with Crippen molar-refractivity contribution in [3.63, 3.8) is 0 Å². The summed E-state index contributed by atoms with van der Waals surface area (Å²) in [7, 11) is 0. The Kier molecular flexibility index (Phi) is 4.45. The second-order valence-corrected chi connectivity index (χ2v) is 7.46. The lowest BCUT2D eigenvalue weighted by atomic mass is 10.1. The number of rotatable bonds is 2. The Bertz CT molecular complexity index is 511. The van der Waals surface area contributed by atoms with Crippen molar-refractivity contribution in [3.8, 4) is 0 Å². The van der Waals surface area contributed by atoms with Crippen molar-refractivity contribution in [2.24, 2.45) is 0 Å². The molecular weight excluding hydrogens is 435 g/mol. The van der Waals surface area contributed by atoms with E-state index >= 15 is 0 Å². The summed E-state index contributed by atoms with van der Waals surface area (Å²) in [5.41, 5.74) is 0.640. The van der Waals surface area contributed by atoms with Crippen LogP contribution >= 0.6 is 59.1 Å². The van der Waals surface area contributed by atoms with Crippen LogP contribution < -0.4 is 0 Å². The molecule has 0 aliphatic carbocycles. The average Bonchev–Trinajstić information content (AvgIpc) is 2.59. The molecule has 0 nitrogen and oxygen atoms in total. The van der Waals surface area contributed by atoms with Gasteiger partial charge in [0.25, 0.3) is 0 Å². The predicted octanol–water partition coefficient (Wildman–Crippen LogP) is 6.20. The molecule has 2 rings (SSSR count). The Morgan fingerprint density at radius 1 is 1.24 bits per heavy atom. The molecule has 1 aromatic carbocycles. The van der Waals surface area contributed by atoms with Crippen LogP contribution in [0.1, 0.15) is 20.1 Å². The fraction of sp³-hybridized carbons (Fsp3) is 0.167. The summed E-state index contributed by atoms with van der Waals surface area (Å²) in [5, 5.41) is 0. The fourth-order valence-corrected chi connectivity index (χ4v) is 4.81. The zero-order valence-electron chi connectivity index (χ0n) is 8.81. The van der Waals surface area contributed by atoms with Crippen LogP contribution in [0.2, 0.25) is 0 Å². The Balaban J connectivity index is 2.47. The van der Waals surface area contributed by atoms with Crippen molar-refractivity contribution in [1.82, 2.24) is 0 Å². The van der Waals surface area contributed by atoms with Gasteiger partial charge in [-0.05, 0) is 41.1 Å². The van der Waals surface area contributed by atoms with Crippen LogP contribution in [0.15, 0.2) is 33.2 Å². The van der Waals surface area contributed by atoms with Crippen LogP contribution in [-0.4, -0.2) is 0 Å². The second-order valence-electron chi connectivity index (χ2n) is 3.55. The number of benzene rings is 1. The Morgan fingerprint density at radius 2 is 1.94 bits per heavy atom. The van der Waals surface area contributed by atoms with E-state index in [2.05, 4.69) is 47.8 Å². The molecule has 1 aromatic heterocycles. The zero-order valence-corrected chi connectivity index (χ0v) is 14.4. The molecule has 0 saturated carbocycles. The van der Waals surface area contributed by atoms with Crippen LogP contribution in [0.25, 0.3) is 0 Å². The highest BCUT2D eigenvalue weighted by Crippen LogP contribution is 2.41. The van der Waals surface area contributed by atoms with Gasteiger partial charge in [-0.25, -0.2) is 4.39 Å². The number of alkyl halides is 1. The maximum Gasteiger partial charge on any atom is 0.129 e. The summed E-state index contributed by atoms with van der Waals surface area (Å²) in [6.45, 7) is 2.04. The first-order valence-electron chi connectivity index (χ1n) is 4.84. The zero-order chi connectivity index (χ0) is 12.6. The van der Waals surface area contributed by atoms with Crippen LogP contribution in [0.4, 0.5) is 4.39 Å². The van der Waals surface area contributed by atoms with Crippen molar-refractivity contribution >= 4 is 59.1 Å². The molecule has 5 heteroatoms. The van der Waals surface area contributed by atoms with Gasteiger partial charge in [-0.15, -0.1) is 11.3 Å². The quantitative estimate of drug-likeness (QED) is 0.485. The van der Waals surface area contributed by atoms with Crippen molar-refractivity contribution < 1.29 is 4.39 Å². The van der Waals surface area contributed by atoms with E-state index in [1.54, 1.807) is 17.4 Å². The van der Waals surface area contributed by atoms with E-state index in [-0.39, 0.29) is 10.6 Å². The number of hydrogen-bond donors (Lipinski definition) is 0. The number of thiophene rings is 1. The second kappa shape index (κ2) is 5.51. The highest BCUT2D eigenvalue weighted by Gasteiger charge is 2.20. The predicted molar refractivity (Wildman–Crippen MR) is 81.6 cm³/mol. The minimum absolute atomic E-state index is 0.131. The van der Waals surface area contributed by atoms with E-state index in [0.717, 1.165) is 13.8 Å². The minimum atomic E-state index is -0.205. The highest BCUT2D eigenvalue weighted by molar-refractivity contribution is 9.11. The minimum Gasteiger partial charge on any atom is -0.207 e. The topological polar surface area (TPSA) is 0 Å². The largest absolute Gasteiger partial charge is 0.207 e. The fourth-order valence-electron chi connectivity index (χ4n) is 1.50. The maximum absolute atomic E-state index is 13.8. The van der Waals surface area contributed by atoms with Gasteiger partial charge in [0.15, 0.2) is 0 Å². The lowest BCUT2D eigenvalue weighted by molar-refractivity contribution is 0.612. The molecule has 0 aliphatic rings. The summed E-state index contributed by atoms with van der Waals surface area (Å²) in [6, 6.07) is 7.04. The highest BCUT2D eigenvalue weighted by atomic mass is 79.9. The molecule has 2 aromatic rings. The van der Waals surface area contributed by atoms with Crippen molar-refractivity contribution in [1.29, 1.82) is 0 Å². The molecule has 0 saturated heterocycles. The van der Waals surface area contributed by atoms with Gasteiger partial charge in [0.2, 0.25) is 0 Å². The molecule has 0 radical (unpaired) electrons. The first kappa shape index (κ1) is 13.7. The molecule has 0 fully saturated rings. The first-order chi connectivity index (χ1) is 8.00. The molecule has 0 N–H and O–H groups in total. The summed E-state index contributed by atoms with van der Waals surface area (Å²) >= 11 is 12.1. The van der Waals surface area contributed by atoms with Crippen molar-refractivity contribution in [2.45, 2.75) is 11.8 Å². The smallest absolute Gasteiger partial charge is 0.129 e. The molecule has 1 heterocycles. The third-order valence-corrected chi connectivity index (χ3v) is 6.53. The SMILES string of the molecule is Cc1sc(C(Br)c2c(F)cccc2Br)cc1Br. The van der Waals surface area contributed by atoms with Crippen LogP contribution in [0.5, 0.6) is 0 Å². The Hall–Kier alpha value is 0.290. The van der Waals surface area contributed by atoms with E-state index in [1.807, 2.05) is 19.1 Å². The summed E-state index contributed by atoms with van der Waals surface area (Å²) in [5.74, 6) is -0.205. The maximum atomic E-state index is 13.8. The normalized spacial score (nSPS) is 12.8. The van der Waals surface area contributed by atoms with Gasteiger partial charge >= 0.3 is 0 Å². The molecule has 1 unspecified atom stereocenters. The molecule has 0 spiro atoms. The van der Waals surface area contributed by atoms with E-state index in [0.29, 0.717) is 5.56 Å². The lowest BCUT2D eigenvalue weighted by Gasteiger charge is -2.11. The van der Waals surface area contributed by atoms with E-state index in [9.17, 15) is 4.39 Å². The molecular formula is C12H8Br3FS. The van der Waals surface area contributed by atoms with Gasteiger partial charge in [0.1, 0.15) is 5.82 Å². The molecule has 0 bridgehead atoms. The van der Waals surface area contributed by atoms with Crippen LogP contribution in [-0.2, 0) is 0 Å². The Labute approximate surface area is 129 Å². The van der Waals surface area contributed by atoms with E-state index in [1.165, 1.54) is 10.9 Å². The summed E-state index contributed by atoms with van der Waals surface area (Å²) in [4.78, 5) is 2.14. The van der Waals surface area contributed by atoms with Crippen LogP contribution in [0.3, 0.4) is 0 Å². The molecule has 0 amide bonds. The Morgan fingerprint density at radius 3 is 2.47 bits per heavy atom. The van der Waals surface area contributed by atoms with E-state index < -0.39 is 0 Å². The van der Waals surface area contributed by atoms with Gasteiger partial charge < -0.3 is 0 Å².